The lowest BCUT2D eigenvalue weighted by Crippen LogP contribution is -2.03. The molecule has 14 heavy (non-hydrogen) atoms. The number of methoxy groups -OCH3 is 1. The lowest BCUT2D eigenvalue weighted by Gasteiger charge is -2.11. The van der Waals surface area contributed by atoms with E-state index in [0.29, 0.717) is 11.0 Å². The fraction of sp³-hybridized carbons (Fsp3) is 0.375. The smallest absolute Gasteiger partial charge is 0.270 e. The van der Waals surface area contributed by atoms with Crippen molar-refractivity contribution in [3.05, 3.63) is 17.3 Å². The molecule has 1 heterocycles. The Morgan fingerprint density at radius 2 is 2.29 bits per heavy atom. The monoisotopic (exact) mass is 266 g/mol. The molecular weight excluding hydrogens is 258 g/mol. The zero-order valence-corrected chi connectivity index (χ0v) is 9.01. The van der Waals surface area contributed by atoms with Crippen molar-refractivity contribution in [3.8, 4) is 5.75 Å². The third-order valence-corrected chi connectivity index (χ3v) is 2.25. The molecule has 0 aliphatic heterocycles. The van der Waals surface area contributed by atoms with Crippen LogP contribution in [0.1, 0.15) is 17.7 Å². The maximum atomic E-state index is 12.5. The first-order chi connectivity index (χ1) is 6.60. The Labute approximate surface area is 88.4 Å². The Kier molecular flexibility index (Phi) is 3.62. The number of pyridine rings is 1. The van der Waals surface area contributed by atoms with E-state index in [1.807, 2.05) is 0 Å². The maximum absolute atomic E-state index is 12.5. The number of anilines is 1. The van der Waals surface area contributed by atoms with E-state index in [2.05, 4.69) is 20.9 Å². The number of nitrogen functional groups attached to an aromatic ring is 1. The molecule has 1 aromatic heterocycles. The second kappa shape index (κ2) is 4.54. The highest BCUT2D eigenvalue weighted by atomic mass is 79.9. The third-order valence-electron chi connectivity index (χ3n) is 1.68. The highest BCUT2D eigenvalue weighted by molar-refractivity contribution is 9.08. The van der Waals surface area contributed by atoms with Gasteiger partial charge in [-0.05, 0) is 0 Å². The summed E-state index contributed by atoms with van der Waals surface area (Å²) in [5.74, 6) is -0.115. The van der Waals surface area contributed by atoms with Gasteiger partial charge in [0, 0.05) is 11.4 Å². The van der Waals surface area contributed by atoms with Gasteiger partial charge < -0.3 is 10.5 Å². The Hall–Kier alpha value is -0.910. The molecule has 6 heteroatoms. The van der Waals surface area contributed by atoms with Crippen LogP contribution in [0.3, 0.4) is 0 Å². The van der Waals surface area contributed by atoms with Gasteiger partial charge in [-0.3, -0.25) is 0 Å². The van der Waals surface area contributed by atoms with Gasteiger partial charge in [-0.25, -0.2) is 13.8 Å². The normalized spacial score (nSPS) is 10.6. The Morgan fingerprint density at radius 1 is 1.64 bits per heavy atom. The first-order valence-corrected chi connectivity index (χ1v) is 4.89. The van der Waals surface area contributed by atoms with Gasteiger partial charge >= 0.3 is 0 Å². The second-order valence-electron chi connectivity index (χ2n) is 2.55. The molecule has 0 aromatic carbocycles. The van der Waals surface area contributed by atoms with Gasteiger partial charge in [0.15, 0.2) is 0 Å². The lowest BCUT2D eigenvalue weighted by atomic mass is 10.2. The first kappa shape index (κ1) is 11.2. The van der Waals surface area contributed by atoms with Crippen LogP contribution in [-0.2, 0) is 5.33 Å². The molecule has 0 atom stereocenters. The summed E-state index contributed by atoms with van der Waals surface area (Å²) < 4.78 is 29.8. The molecule has 0 aliphatic rings. The van der Waals surface area contributed by atoms with E-state index >= 15 is 0 Å². The van der Waals surface area contributed by atoms with Crippen LogP contribution in [0, 0.1) is 0 Å². The summed E-state index contributed by atoms with van der Waals surface area (Å²) in [6, 6.07) is 1.44. The third kappa shape index (κ3) is 2.12. The van der Waals surface area contributed by atoms with Crippen LogP contribution >= 0.6 is 15.9 Å². The zero-order valence-electron chi connectivity index (χ0n) is 7.43. The van der Waals surface area contributed by atoms with Crippen LogP contribution in [0.2, 0.25) is 0 Å². The van der Waals surface area contributed by atoms with Gasteiger partial charge in [-0.2, -0.15) is 0 Å². The van der Waals surface area contributed by atoms with Gasteiger partial charge in [0.25, 0.3) is 6.43 Å². The van der Waals surface area contributed by atoms with Gasteiger partial charge in [0.05, 0.1) is 12.8 Å². The number of ether oxygens (including phenoxy) is 1. The van der Waals surface area contributed by atoms with Gasteiger partial charge in [0.1, 0.15) is 17.1 Å². The second-order valence-corrected chi connectivity index (χ2v) is 3.11. The van der Waals surface area contributed by atoms with Crippen LogP contribution < -0.4 is 10.5 Å². The number of nitrogens with zero attached hydrogens (tertiary/aromatic N) is 1. The highest BCUT2D eigenvalue weighted by Crippen LogP contribution is 2.33. The van der Waals surface area contributed by atoms with E-state index in [1.54, 1.807) is 0 Å². The summed E-state index contributed by atoms with van der Waals surface area (Å²) in [5.41, 5.74) is 5.59. The SMILES string of the molecule is COc1cc(CBr)nc(N)c1C(F)F. The largest absolute Gasteiger partial charge is 0.496 e. The van der Waals surface area contributed by atoms with Crippen LogP contribution in [0.4, 0.5) is 14.6 Å². The minimum atomic E-state index is -2.68. The molecule has 0 radical (unpaired) electrons. The molecule has 0 fully saturated rings. The summed E-state index contributed by atoms with van der Waals surface area (Å²) in [5, 5.41) is 0.442. The van der Waals surface area contributed by atoms with Crippen molar-refractivity contribution < 1.29 is 13.5 Å². The van der Waals surface area contributed by atoms with Crippen molar-refractivity contribution in [3.63, 3.8) is 0 Å². The number of halogens is 3. The number of hydrogen-bond donors (Lipinski definition) is 1. The fourth-order valence-electron chi connectivity index (χ4n) is 1.06. The molecule has 1 rings (SSSR count). The molecule has 0 unspecified atom stereocenters. The van der Waals surface area contributed by atoms with Crippen molar-refractivity contribution in [1.29, 1.82) is 0 Å². The molecular formula is C8H9BrF2N2O. The summed E-state index contributed by atoms with van der Waals surface area (Å²) in [6.45, 7) is 0. The minimum absolute atomic E-state index is 0.0713. The molecule has 3 nitrogen and oxygen atoms in total. The van der Waals surface area contributed by atoms with Gasteiger partial charge in [-0.15, -0.1) is 0 Å². The zero-order chi connectivity index (χ0) is 10.7. The van der Waals surface area contributed by atoms with E-state index in [9.17, 15) is 8.78 Å². The average molecular weight is 267 g/mol. The molecule has 2 N–H and O–H groups in total. The predicted molar refractivity (Wildman–Crippen MR) is 52.8 cm³/mol. The standard InChI is InChI=1S/C8H9BrF2N2O/c1-14-5-2-4(3-9)13-8(12)6(5)7(10)11/h2,7H,3H2,1H3,(H2,12,13). The van der Waals surface area contributed by atoms with Gasteiger partial charge in [-0.1, -0.05) is 15.9 Å². The minimum Gasteiger partial charge on any atom is -0.496 e. The van der Waals surface area contributed by atoms with Gasteiger partial charge in [0.2, 0.25) is 0 Å². The fourth-order valence-corrected chi connectivity index (χ4v) is 1.35. The van der Waals surface area contributed by atoms with E-state index in [0.717, 1.165) is 0 Å². The average Bonchev–Trinajstić information content (AvgIpc) is 2.15. The van der Waals surface area contributed by atoms with Crippen LogP contribution in [0.15, 0.2) is 6.07 Å². The summed E-state index contributed by atoms with van der Waals surface area (Å²) in [7, 11) is 1.32. The van der Waals surface area contributed by atoms with Crippen molar-refractivity contribution in [1.82, 2.24) is 4.98 Å². The van der Waals surface area contributed by atoms with Crippen molar-refractivity contribution >= 4 is 21.7 Å². The topological polar surface area (TPSA) is 48.1 Å². The number of nitrogens with two attached hydrogens (primary N) is 1. The molecule has 0 amide bonds. The summed E-state index contributed by atoms with van der Waals surface area (Å²) in [6.07, 6.45) is -2.68. The molecule has 78 valence electrons. The molecule has 0 aliphatic carbocycles. The quantitative estimate of drug-likeness (QED) is 0.856. The molecule has 0 bridgehead atoms. The number of rotatable bonds is 3. The van der Waals surface area contributed by atoms with Crippen molar-refractivity contribution in [2.45, 2.75) is 11.8 Å². The van der Waals surface area contributed by atoms with E-state index in [1.165, 1.54) is 13.2 Å². The Morgan fingerprint density at radius 3 is 2.71 bits per heavy atom. The van der Waals surface area contributed by atoms with E-state index < -0.39 is 6.43 Å². The Bertz CT molecular complexity index is 333. The molecule has 0 saturated heterocycles. The Balaban J connectivity index is 3.27. The number of aromatic nitrogens is 1. The summed E-state index contributed by atoms with van der Waals surface area (Å²) >= 11 is 3.16. The summed E-state index contributed by atoms with van der Waals surface area (Å²) in [4.78, 5) is 3.79. The number of hydrogen-bond acceptors (Lipinski definition) is 3. The van der Waals surface area contributed by atoms with Crippen molar-refractivity contribution in [2.24, 2.45) is 0 Å². The predicted octanol–water partition coefficient (Wildman–Crippen LogP) is 2.50. The molecule has 0 spiro atoms. The molecule has 1 aromatic rings. The van der Waals surface area contributed by atoms with Crippen molar-refractivity contribution in [2.75, 3.05) is 12.8 Å². The van der Waals surface area contributed by atoms with E-state index in [4.69, 9.17) is 10.5 Å². The van der Waals surface area contributed by atoms with Crippen LogP contribution in [0.25, 0.3) is 0 Å². The van der Waals surface area contributed by atoms with E-state index in [-0.39, 0.29) is 17.1 Å². The maximum Gasteiger partial charge on any atom is 0.270 e. The number of alkyl halides is 3. The molecule has 0 saturated carbocycles. The lowest BCUT2D eigenvalue weighted by molar-refractivity contribution is 0.147. The first-order valence-electron chi connectivity index (χ1n) is 3.77. The van der Waals surface area contributed by atoms with Crippen LogP contribution in [0.5, 0.6) is 5.75 Å². The highest BCUT2D eigenvalue weighted by Gasteiger charge is 2.19. The van der Waals surface area contributed by atoms with Crippen LogP contribution in [-0.4, -0.2) is 12.1 Å².